The van der Waals surface area contributed by atoms with Gasteiger partial charge in [0.05, 0.1) is 5.71 Å². The van der Waals surface area contributed by atoms with Crippen molar-refractivity contribution >= 4 is 21.6 Å². The Labute approximate surface area is 92.3 Å². The normalized spacial score (nSPS) is 54.4. The van der Waals surface area contributed by atoms with Crippen molar-refractivity contribution in [1.82, 2.24) is 0 Å². The van der Waals surface area contributed by atoms with E-state index < -0.39 is 6.10 Å². The average Bonchev–Trinajstić information content (AvgIpc) is 2.52. The average molecular weight is 262 g/mol. The molecule has 0 amide bonds. The summed E-state index contributed by atoms with van der Waals surface area (Å²) in [7, 11) is 0. The number of nitrogens with zero attached hydrogens (tertiary/aromatic N) is 1. The molecule has 2 fully saturated rings. The second-order valence-corrected chi connectivity index (χ2v) is 5.55. The number of hydrogen-bond acceptors (Lipinski definition) is 3. The van der Waals surface area contributed by atoms with Crippen LogP contribution in [0.2, 0.25) is 0 Å². The molecular formula is C10H16BrNO2. The Morgan fingerprint density at radius 1 is 1.57 bits per heavy atom. The first kappa shape index (κ1) is 10.4. The van der Waals surface area contributed by atoms with Crippen molar-refractivity contribution in [2.75, 3.05) is 5.33 Å². The van der Waals surface area contributed by atoms with E-state index in [9.17, 15) is 5.11 Å². The van der Waals surface area contributed by atoms with Crippen LogP contribution in [-0.2, 0) is 0 Å². The minimum absolute atomic E-state index is 0.0218. The molecule has 4 atom stereocenters. The first-order valence-corrected chi connectivity index (χ1v) is 6.09. The van der Waals surface area contributed by atoms with Crippen molar-refractivity contribution < 1.29 is 10.3 Å². The number of oxime groups is 1. The van der Waals surface area contributed by atoms with Crippen LogP contribution < -0.4 is 0 Å². The molecule has 2 rings (SSSR count). The van der Waals surface area contributed by atoms with Crippen LogP contribution in [-0.4, -0.2) is 27.5 Å². The number of rotatable bonds is 1. The van der Waals surface area contributed by atoms with Crippen molar-refractivity contribution in [2.45, 2.75) is 32.8 Å². The number of aliphatic hydroxyl groups excluding tert-OH is 1. The van der Waals surface area contributed by atoms with E-state index in [0.29, 0.717) is 5.71 Å². The van der Waals surface area contributed by atoms with Gasteiger partial charge in [-0.25, -0.2) is 0 Å². The van der Waals surface area contributed by atoms with Gasteiger partial charge in [0, 0.05) is 16.7 Å². The van der Waals surface area contributed by atoms with Gasteiger partial charge < -0.3 is 10.3 Å². The summed E-state index contributed by atoms with van der Waals surface area (Å²) < 4.78 is 0. The first-order chi connectivity index (χ1) is 6.51. The van der Waals surface area contributed by atoms with Crippen molar-refractivity contribution in [2.24, 2.45) is 21.9 Å². The highest BCUT2D eigenvalue weighted by Crippen LogP contribution is 2.64. The van der Waals surface area contributed by atoms with E-state index >= 15 is 0 Å². The Hall–Kier alpha value is -0.0900. The van der Waals surface area contributed by atoms with E-state index in [0.717, 1.165) is 18.2 Å². The quantitative estimate of drug-likeness (QED) is 0.431. The van der Waals surface area contributed by atoms with Gasteiger partial charge in [0.15, 0.2) is 0 Å². The summed E-state index contributed by atoms with van der Waals surface area (Å²) >= 11 is 3.52. The van der Waals surface area contributed by atoms with Crippen molar-refractivity contribution in [3.8, 4) is 0 Å². The molecule has 0 aromatic carbocycles. The van der Waals surface area contributed by atoms with Crippen LogP contribution in [0.3, 0.4) is 0 Å². The lowest BCUT2D eigenvalue weighted by Gasteiger charge is -2.37. The Balaban J connectivity index is 2.50. The van der Waals surface area contributed by atoms with E-state index in [1.165, 1.54) is 0 Å². The molecule has 0 aromatic heterocycles. The maximum Gasteiger partial charge on any atom is 0.102 e. The minimum atomic E-state index is -0.575. The molecule has 2 aliphatic carbocycles. The molecule has 0 radical (unpaired) electrons. The number of hydrogen-bond donors (Lipinski definition) is 2. The Kier molecular flexibility index (Phi) is 2.20. The zero-order valence-electron chi connectivity index (χ0n) is 8.50. The van der Waals surface area contributed by atoms with Gasteiger partial charge in [0.2, 0.25) is 0 Å². The molecular weight excluding hydrogens is 246 g/mol. The number of aliphatic hydroxyl groups is 1. The summed E-state index contributed by atoms with van der Waals surface area (Å²) in [5, 5.41) is 23.1. The molecule has 0 aliphatic heterocycles. The van der Waals surface area contributed by atoms with E-state index in [-0.39, 0.29) is 16.7 Å². The predicted octanol–water partition coefficient (Wildman–Crippen LogP) is 2.01. The molecule has 2 saturated carbocycles. The summed E-state index contributed by atoms with van der Waals surface area (Å²) in [6, 6.07) is 0. The molecule has 2 bridgehead atoms. The molecule has 14 heavy (non-hydrogen) atoms. The molecule has 0 unspecified atom stereocenters. The molecule has 4 heteroatoms. The lowest BCUT2D eigenvalue weighted by molar-refractivity contribution is 0.0365. The molecule has 0 heterocycles. The van der Waals surface area contributed by atoms with Crippen LogP contribution in [0.5, 0.6) is 0 Å². The maximum atomic E-state index is 10.1. The van der Waals surface area contributed by atoms with Crippen LogP contribution >= 0.6 is 15.9 Å². The van der Waals surface area contributed by atoms with Crippen LogP contribution in [0.15, 0.2) is 5.16 Å². The van der Waals surface area contributed by atoms with Gasteiger partial charge in [-0.3, -0.25) is 0 Å². The van der Waals surface area contributed by atoms with Crippen LogP contribution in [0.1, 0.15) is 26.7 Å². The summed E-state index contributed by atoms with van der Waals surface area (Å²) in [5.74, 6) is 0.229. The number of halogens is 1. The summed E-state index contributed by atoms with van der Waals surface area (Å²) in [6.45, 7) is 4.26. The number of alkyl halides is 1. The molecule has 0 spiro atoms. The molecule has 0 saturated heterocycles. The highest BCUT2D eigenvalue weighted by atomic mass is 79.9. The van der Waals surface area contributed by atoms with Crippen molar-refractivity contribution in [1.29, 1.82) is 0 Å². The van der Waals surface area contributed by atoms with Gasteiger partial charge in [-0.1, -0.05) is 34.9 Å². The Bertz CT molecular complexity index is 292. The third-order valence-corrected chi connectivity index (χ3v) is 5.82. The minimum Gasteiger partial charge on any atom is -0.411 e. The third-order valence-electron chi connectivity index (χ3n) is 4.66. The fourth-order valence-electron chi connectivity index (χ4n) is 3.26. The zero-order chi connectivity index (χ0) is 10.6. The monoisotopic (exact) mass is 261 g/mol. The fraction of sp³-hybridized carbons (Fsp3) is 0.900. The van der Waals surface area contributed by atoms with Crippen molar-refractivity contribution in [3.63, 3.8) is 0 Å². The summed E-state index contributed by atoms with van der Waals surface area (Å²) in [6.07, 6.45) is 1.46. The Morgan fingerprint density at radius 2 is 2.21 bits per heavy atom. The van der Waals surface area contributed by atoms with E-state index in [1.54, 1.807) is 0 Å². The molecule has 80 valence electrons. The van der Waals surface area contributed by atoms with Gasteiger partial charge in [0.25, 0.3) is 0 Å². The summed E-state index contributed by atoms with van der Waals surface area (Å²) in [4.78, 5) is 0. The zero-order valence-corrected chi connectivity index (χ0v) is 10.1. The molecule has 2 N–H and O–H groups in total. The van der Waals surface area contributed by atoms with E-state index in [1.807, 2.05) is 0 Å². The van der Waals surface area contributed by atoms with Gasteiger partial charge in [-0.2, -0.15) is 0 Å². The second-order valence-electron chi connectivity index (χ2n) is 4.99. The van der Waals surface area contributed by atoms with Crippen LogP contribution in [0, 0.1) is 16.7 Å². The molecule has 2 aliphatic rings. The highest BCUT2D eigenvalue weighted by Gasteiger charge is 2.66. The van der Waals surface area contributed by atoms with E-state index in [4.69, 9.17) is 5.21 Å². The van der Waals surface area contributed by atoms with Crippen molar-refractivity contribution in [3.05, 3.63) is 0 Å². The smallest absolute Gasteiger partial charge is 0.102 e. The van der Waals surface area contributed by atoms with Crippen LogP contribution in [0.25, 0.3) is 0 Å². The highest BCUT2D eigenvalue weighted by molar-refractivity contribution is 9.09. The second kappa shape index (κ2) is 2.95. The first-order valence-electron chi connectivity index (χ1n) is 4.97. The lowest BCUT2D eigenvalue weighted by Crippen LogP contribution is -2.39. The fourth-order valence-corrected chi connectivity index (χ4v) is 4.29. The SMILES string of the molecule is C[C@@]12CC[C@@H](/C(=N\O)[C@@H]1O)[C@@]2(C)CBr. The van der Waals surface area contributed by atoms with Crippen LogP contribution in [0.4, 0.5) is 0 Å². The predicted molar refractivity (Wildman–Crippen MR) is 58.0 cm³/mol. The summed E-state index contributed by atoms with van der Waals surface area (Å²) in [5.41, 5.74) is 0.470. The third kappa shape index (κ3) is 0.890. The van der Waals surface area contributed by atoms with Gasteiger partial charge >= 0.3 is 0 Å². The molecule has 0 aromatic rings. The van der Waals surface area contributed by atoms with E-state index in [2.05, 4.69) is 34.9 Å². The van der Waals surface area contributed by atoms with Gasteiger partial charge in [0.1, 0.15) is 6.10 Å². The standard InChI is InChI=1S/C10H16BrNO2/c1-9-4-3-6(10(9,2)5-11)7(12-14)8(9)13/h6,8,13-14H,3-5H2,1-2H3/b12-7+/t6-,8-,9+,10+/m0/s1. The lowest BCUT2D eigenvalue weighted by atomic mass is 9.70. The maximum absolute atomic E-state index is 10.1. The number of fused-ring (bicyclic) bond motifs is 2. The Morgan fingerprint density at radius 3 is 2.57 bits per heavy atom. The largest absolute Gasteiger partial charge is 0.411 e. The van der Waals surface area contributed by atoms with Gasteiger partial charge in [-0.15, -0.1) is 0 Å². The molecule has 3 nitrogen and oxygen atoms in total. The van der Waals surface area contributed by atoms with Gasteiger partial charge in [-0.05, 0) is 18.3 Å². The topological polar surface area (TPSA) is 52.8 Å².